The number of imidazole rings is 1. The number of aromatic amines is 2. The molecule has 0 bridgehead atoms. The Morgan fingerprint density at radius 3 is 2.56 bits per heavy atom. The lowest BCUT2D eigenvalue weighted by atomic mass is 10.6. The van der Waals surface area contributed by atoms with E-state index in [1.54, 1.807) is 13.8 Å². The van der Waals surface area contributed by atoms with Crippen molar-refractivity contribution in [1.82, 2.24) is 29.5 Å². The Morgan fingerprint density at radius 1 is 1.33 bits per heavy atom. The van der Waals surface area contributed by atoms with E-state index in [0.717, 1.165) is 0 Å². The molecule has 0 amide bonds. The van der Waals surface area contributed by atoms with Crippen molar-refractivity contribution in [2.75, 3.05) is 7.05 Å². The van der Waals surface area contributed by atoms with Crippen LogP contribution in [0.2, 0.25) is 0 Å². The second-order valence-corrected chi connectivity index (χ2v) is 5.94. The Balaban J connectivity index is 2.20. The number of hydrogen-bond donors (Lipinski definition) is 2. The van der Waals surface area contributed by atoms with E-state index in [-0.39, 0.29) is 11.6 Å². The number of sulfonamides is 1. The first-order valence-corrected chi connectivity index (χ1v) is 6.69. The minimum absolute atomic E-state index is 0.0646. The van der Waals surface area contributed by atoms with Crippen molar-refractivity contribution in [3.8, 4) is 0 Å². The zero-order valence-corrected chi connectivity index (χ0v) is 11.1. The molecule has 0 fully saturated rings. The van der Waals surface area contributed by atoms with Crippen LogP contribution in [0.25, 0.3) is 0 Å². The van der Waals surface area contributed by atoms with Crippen LogP contribution in [-0.2, 0) is 16.6 Å². The Kier molecular flexibility index (Phi) is 3.18. The Labute approximate surface area is 105 Å². The lowest BCUT2D eigenvalue weighted by Gasteiger charge is -2.13. The van der Waals surface area contributed by atoms with Crippen LogP contribution in [0.5, 0.6) is 0 Å². The molecule has 0 radical (unpaired) electrons. The second kappa shape index (κ2) is 4.50. The Morgan fingerprint density at radius 2 is 2.06 bits per heavy atom. The average Bonchev–Trinajstić information content (AvgIpc) is 2.88. The summed E-state index contributed by atoms with van der Waals surface area (Å²) in [5.41, 5.74) is 0. The molecule has 2 rings (SSSR count). The SMILES string of the molecule is Cc1nc(CN(C)S(=O)(=O)c2cnc(C)[nH]2)n[nH]1. The third kappa shape index (κ3) is 2.41. The molecule has 18 heavy (non-hydrogen) atoms. The Bertz CT molecular complexity index is 644. The summed E-state index contributed by atoms with van der Waals surface area (Å²) in [6.07, 6.45) is 1.30. The monoisotopic (exact) mass is 270 g/mol. The molecule has 9 heteroatoms. The van der Waals surface area contributed by atoms with Gasteiger partial charge in [-0.15, -0.1) is 0 Å². The van der Waals surface area contributed by atoms with Gasteiger partial charge >= 0.3 is 0 Å². The maximum Gasteiger partial charge on any atom is 0.260 e. The van der Waals surface area contributed by atoms with Crippen LogP contribution < -0.4 is 0 Å². The number of hydrogen-bond acceptors (Lipinski definition) is 5. The molecule has 2 N–H and O–H groups in total. The van der Waals surface area contributed by atoms with Crippen molar-refractivity contribution in [2.45, 2.75) is 25.4 Å². The third-order valence-corrected chi connectivity index (χ3v) is 4.09. The van der Waals surface area contributed by atoms with Gasteiger partial charge in [0.05, 0.1) is 12.7 Å². The molecule has 98 valence electrons. The number of aromatic nitrogens is 5. The summed E-state index contributed by atoms with van der Waals surface area (Å²) in [5.74, 6) is 1.62. The van der Waals surface area contributed by atoms with Gasteiger partial charge in [0.2, 0.25) is 0 Å². The minimum Gasteiger partial charge on any atom is -0.332 e. The van der Waals surface area contributed by atoms with Crippen molar-refractivity contribution < 1.29 is 8.42 Å². The largest absolute Gasteiger partial charge is 0.332 e. The van der Waals surface area contributed by atoms with Crippen LogP contribution in [0.1, 0.15) is 17.5 Å². The van der Waals surface area contributed by atoms with E-state index in [9.17, 15) is 8.42 Å². The average molecular weight is 270 g/mol. The van der Waals surface area contributed by atoms with Gasteiger partial charge in [-0.1, -0.05) is 0 Å². The fourth-order valence-electron chi connectivity index (χ4n) is 1.44. The van der Waals surface area contributed by atoms with Crippen LogP contribution >= 0.6 is 0 Å². The molecule has 0 atom stereocenters. The highest BCUT2D eigenvalue weighted by Crippen LogP contribution is 2.13. The molecule has 0 aromatic carbocycles. The van der Waals surface area contributed by atoms with Crippen LogP contribution in [0, 0.1) is 13.8 Å². The number of nitrogens with zero attached hydrogens (tertiary/aromatic N) is 4. The van der Waals surface area contributed by atoms with E-state index in [1.807, 2.05) is 0 Å². The fourth-order valence-corrected chi connectivity index (χ4v) is 2.52. The molecular weight excluding hydrogens is 256 g/mol. The summed E-state index contributed by atoms with van der Waals surface area (Å²) in [5, 5.41) is 6.63. The molecule has 0 aliphatic carbocycles. The van der Waals surface area contributed by atoms with Crippen molar-refractivity contribution >= 4 is 10.0 Å². The van der Waals surface area contributed by atoms with Crippen molar-refractivity contribution in [1.29, 1.82) is 0 Å². The van der Waals surface area contributed by atoms with Gasteiger partial charge in [0, 0.05) is 7.05 Å². The molecule has 0 unspecified atom stereocenters. The first-order chi connectivity index (χ1) is 8.39. The maximum atomic E-state index is 12.1. The normalized spacial score (nSPS) is 12.2. The summed E-state index contributed by atoms with van der Waals surface area (Å²) in [6, 6.07) is 0. The number of rotatable bonds is 4. The second-order valence-electron chi connectivity index (χ2n) is 3.93. The van der Waals surface area contributed by atoms with Crippen LogP contribution in [0.3, 0.4) is 0 Å². The lowest BCUT2D eigenvalue weighted by molar-refractivity contribution is 0.455. The number of nitrogens with one attached hydrogen (secondary N) is 2. The molecular formula is C9H14N6O2S. The molecule has 0 saturated carbocycles. The highest BCUT2D eigenvalue weighted by molar-refractivity contribution is 7.89. The summed E-state index contributed by atoms with van der Waals surface area (Å²) in [6.45, 7) is 3.55. The molecule has 0 saturated heterocycles. The molecule has 0 aliphatic rings. The molecule has 0 spiro atoms. The van der Waals surface area contributed by atoms with E-state index < -0.39 is 10.0 Å². The number of H-pyrrole nitrogens is 2. The topological polar surface area (TPSA) is 108 Å². The standard InChI is InChI=1S/C9H14N6O2S/c1-6-10-4-9(12-6)18(16,17)15(3)5-8-11-7(2)13-14-8/h4H,5H2,1-3H3,(H,10,12)(H,11,13,14). The van der Waals surface area contributed by atoms with E-state index in [2.05, 4.69) is 25.1 Å². The number of aryl methyl sites for hydroxylation is 2. The highest BCUT2D eigenvalue weighted by Gasteiger charge is 2.23. The van der Waals surface area contributed by atoms with Crippen LogP contribution in [0.4, 0.5) is 0 Å². The quantitative estimate of drug-likeness (QED) is 0.810. The van der Waals surface area contributed by atoms with Gasteiger partial charge in [0.1, 0.15) is 11.6 Å². The van der Waals surface area contributed by atoms with Gasteiger partial charge < -0.3 is 4.98 Å². The molecule has 2 heterocycles. The first kappa shape index (κ1) is 12.7. The lowest BCUT2D eigenvalue weighted by Crippen LogP contribution is -2.27. The fraction of sp³-hybridized carbons (Fsp3) is 0.444. The van der Waals surface area contributed by atoms with Crippen molar-refractivity contribution in [2.24, 2.45) is 0 Å². The summed E-state index contributed by atoms with van der Waals surface area (Å²) in [4.78, 5) is 10.6. The molecule has 8 nitrogen and oxygen atoms in total. The molecule has 0 aliphatic heterocycles. The summed E-state index contributed by atoms with van der Waals surface area (Å²) >= 11 is 0. The zero-order valence-electron chi connectivity index (χ0n) is 10.3. The smallest absolute Gasteiger partial charge is 0.260 e. The molecule has 2 aromatic heterocycles. The van der Waals surface area contributed by atoms with Gasteiger partial charge in [0.15, 0.2) is 10.9 Å². The van der Waals surface area contributed by atoms with Crippen LogP contribution in [-0.4, -0.2) is 44.9 Å². The highest BCUT2D eigenvalue weighted by atomic mass is 32.2. The maximum absolute atomic E-state index is 12.1. The first-order valence-electron chi connectivity index (χ1n) is 5.25. The van der Waals surface area contributed by atoms with E-state index in [0.29, 0.717) is 17.5 Å². The van der Waals surface area contributed by atoms with Crippen LogP contribution in [0.15, 0.2) is 11.2 Å². The van der Waals surface area contributed by atoms with E-state index >= 15 is 0 Å². The third-order valence-electron chi connectivity index (χ3n) is 2.38. The van der Waals surface area contributed by atoms with E-state index in [1.165, 1.54) is 17.5 Å². The molecule has 2 aromatic rings. The zero-order chi connectivity index (χ0) is 13.3. The minimum atomic E-state index is -3.59. The van der Waals surface area contributed by atoms with Gasteiger partial charge in [0.25, 0.3) is 10.0 Å². The van der Waals surface area contributed by atoms with Crippen molar-refractivity contribution in [3.63, 3.8) is 0 Å². The van der Waals surface area contributed by atoms with E-state index in [4.69, 9.17) is 0 Å². The van der Waals surface area contributed by atoms with Gasteiger partial charge in [-0.25, -0.2) is 18.4 Å². The summed E-state index contributed by atoms with van der Waals surface area (Å²) < 4.78 is 25.5. The van der Waals surface area contributed by atoms with Gasteiger partial charge in [-0.2, -0.15) is 9.40 Å². The predicted octanol–water partition coefficient (Wildman–Crippen LogP) is -0.0347. The summed E-state index contributed by atoms with van der Waals surface area (Å²) in [7, 11) is -2.12. The van der Waals surface area contributed by atoms with Crippen molar-refractivity contribution in [3.05, 3.63) is 23.7 Å². The van der Waals surface area contributed by atoms with Gasteiger partial charge in [-0.05, 0) is 13.8 Å². The Hall–Kier alpha value is -1.74. The van der Waals surface area contributed by atoms with Gasteiger partial charge in [-0.3, -0.25) is 5.10 Å². The predicted molar refractivity (Wildman–Crippen MR) is 63.1 cm³/mol.